The van der Waals surface area contributed by atoms with Gasteiger partial charge in [0.05, 0.1) is 10.7 Å². The van der Waals surface area contributed by atoms with Gasteiger partial charge in [0.25, 0.3) is 0 Å². The molecule has 1 aromatic heterocycles. The number of benzene rings is 1. The molecular weight excluding hydrogens is 272 g/mol. The summed E-state index contributed by atoms with van der Waals surface area (Å²) in [6.45, 7) is 2.74. The van der Waals surface area contributed by atoms with Gasteiger partial charge in [0.2, 0.25) is 5.88 Å². The molecule has 0 saturated heterocycles. The monoisotopic (exact) mass is 288 g/mol. The van der Waals surface area contributed by atoms with E-state index in [-0.39, 0.29) is 0 Å². The number of hydrogen-bond acceptors (Lipinski definition) is 3. The summed E-state index contributed by atoms with van der Waals surface area (Å²) < 4.78 is 5.75. The lowest BCUT2D eigenvalue weighted by Gasteiger charge is -2.09. The van der Waals surface area contributed by atoms with Gasteiger partial charge in [-0.15, -0.1) is 0 Å². The van der Waals surface area contributed by atoms with Crippen molar-refractivity contribution in [3.63, 3.8) is 0 Å². The molecule has 1 saturated carbocycles. The first kappa shape index (κ1) is 13.4. The fourth-order valence-corrected chi connectivity index (χ4v) is 2.07. The molecule has 0 atom stereocenters. The number of aryl methyl sites for hydroxylation is 1. The van der Waals surface area contributed by atoms with Crippen LogP contribution in [0.3, 0.4) is 0 Å². The molecule has 1 aliphatic carbocycles. The molecule has 0 aliphatic heterocycles. The Labute approximate surface area is 123 Å². The molecule has 104 valence electrons. The quantitative estimate of drug-likeness (QED) is 0.900. The summed E-state index contributed by atoms with van der Waals surface area (Å²) in [6.07, 6.45) is 2.49. The van der Waals surface area contributed by atoms with Gasteiger partial charge in [-0.3, -0.25) is 0 Å². The fourth-order valence-electron chi connectivity index (χ4n) is 1.90. The number of rotatable bonds is 5. The molecule has 3 nitrogen and oxygen atoms in total. The van der Waals surface area contributed by atoms with E-state index in [2.05, 4.69) is 10.3 Å². The van der Waals surface area contributed by atoms with Crippen molar-refractivity contribution in [1.29, 1.82) is 0 Å². The summed E-state index contributed by atoms with van der Waals surface area (Å²) in [6, 6.07) is 12.2. The van der Waals surface area contributed by atoms with Crippen molar-refractivity contribution in [2.24, 2.45) is 0 Å². The summed E-state index contributed by atoms with van der Waals surface area (Å²) in [5, 5.41) is 4.09. The van der Waals surface area contributed by atoms with E-state index in [4.69, 9.17) is 16.3 Å². The zero-order chi connectivity index (χ0) is 13.9. The Morgan fingerprint density at radius 2 is 1.95 bits per heavy atom. The topological polar surface area (TPSA) is 34.1 Å². The van der Waals surface area contributed by atoms with Gasteiger partial charge in [-0.25, -0.2) is 4.98 Å². The first-order valence-electron chi connectivity index (χ1n) is 6.84. The number of nitrogens with zero attached hydrogens (tertiary/aromatic N) is 1. The Morgan fingerprint density at radius 3 is 2.65 bits per heavy atom. The molecule has 1 heterocycles. The van der Waals surface area contributed by atoms with E-state index in [0.717, 1.165) is 11.4 Å². The van der Waals surface area contributed by atoms with Gasteiger partial charge in [-0.05, 0) is 38.0 Å². The molecule has 1 fully saturated rings. The summed E-state index contributed by atoms with van der Waals surface area (Å²) >= 11 is 6.17. The van der Waals surface area contributed by atoms with Gasteiger partial charge >= 0.3 is 0 Å². The summed E-state index contributed by atoms with van der Waals surface area (Å²) in [4.78, 5) is 4.47. The van der Waals surface area contributed by atoms with Crippen LogP contribution in [0.15, 0.2) is 36.4 Å². The van der Waals surface area contributed by atoms with Crippen molar-refractivity contribution in [3.8, 4) is 11.6 Å². The maximum absolute atomic E-state index is 6.17. The van der Waals surface area contributed by atoms with Gasteiger partial charge in [-0.2, -0.15) is 0 Å². The number of ether oxygens (including phenoxy) is 1. The molecule has 0 spiro atoms. The summed E-state index contributed by atoms with van der Waals surface area (Å²) in [5.74, 6) is 1.36. The molecular formula is C16H17ClN2O. The van der Waals surface area contributed by atoms with Crippen molar-refractivity contribution < 1.29 is 4.74 Å². The second-order valence-electron chi connectivity index (χ2n) is 5.15. The minimum atomic E-state index is 0.575. The van der Waals surface area contributed by atoms with E-state index in [1.54, 1.807) is 6.07 Å². The predicted octanol–water partition coefficient (Wildman–Crippen LogP) is 4.09. The lowest BCUT2D eigenvalue weighted by Crippen LogP contribution is -2.16. The minimum Gasteiger partial charge on any atom is -0.439 e. The molecule has 0 bridgehead atoms. The van der Waals surface area contributed by atoms with Crippen LogP contribution in [0.4, 0.5) is 0 Å². The number of hydrogen-bond donors (Lipinski definition) is 1. The standard InChI is InChI=1S/C16H17ClN2O/c1-11-2-6-13(7-3-11)20-16-9-8-14(17)15(19-16)10-18-12-4-5-12/h2-3,6-9,12,18H,4-5,10H2,1H3. The Bertz CT molecular complexity index is 594. The van der Waals surface area contributed by atoms with Gasteiger partial charge in [0.15, 0.2) is 0 Å². The van der Waals surface area contributed by atoms with E-state index in [1.807, 2.05) is 37.3 Å². The van der Waals surface area contributed by atoms with Crippen LogP contribution in [-0.4, -0.2) is 11.0 Å². The van der Waals surface area contributed by atoms with Crippen LogP contribution in [0.2, 0.25) is 5.02 Å². The molecule has 0 unspecified atom stereocenters. The number of aromatic nitrogens is 1. The van der Waals surface area contributed by atoms with Crippen molar-refractivity contribution in [2.45, 2.75) is 32.4 Å². The van der Waals surface area contributed by atoms with E-state index < -0.39 is 0 Å². The van der Waals surface area contributed by atoms with Crippen LogP contribution in [-0.2, 0) is 6.54 Å². The highest BCUT2D eigenvalue weighted by Gasteiger charge is 2.20. The molecule has 1 aliphatic rings. The van der Waals surface area contributed by atoms with E-state index >= 15 is 0 Å². The van der Waals surface area contributed by atoms with Crippen molar-refractivity contribution in [3.05, 3.63) is 52.7 Å². The average molecular weight is 289 g/mol. The Morgan fingerprint density at radius 1 is 1.20 bits per heavy atom. The number of halogens is 1. The third-order valence-corrected chi connectivity index (χ3v) is 3.62. The predicted molar refractivity (Wildman–Crippen MR) is 80.4 cm³/mol. The Kier molecular flexibility index (Phi) is 3.90. The number of pyridine rings is 1. The van der Waals surface area contributed by atoms with Gasteiger partial charge in [0, 0.05) is 18.7 Å². The first-order chi connectivity index (χ1) is 9.70. The second-order valence-corrected chi connectivity index (χ2v) is 5.56. The maximum Gasteiger partial charge on any atom is 0.219 e. The molecule has 3 rings (SSSR count). The Balaban J connectivity index is 1.71. The van der Waals surface area contributed by atoms with Crippen LogP contribution >= 0.6 is 11.6 Å². The molecule has 1 aromatic carbocycles. The normalized spacial score (nSPS) is 14.3. The Hall–Kier alpha value is -1.58. The molecule has 2 aromatic rings. The summed E-state index contributed by atoms with van der Waals surface area (Å²) in [7, 11) is 0. The van der Waals surface area contributed by atoms with Crippen LogP contribution in [0.5, 0.6) is 11.6 Å². The third-order valence-electron chi connectivity index (χ3n) is 3.27. The first-order valence-corrected chi connectivity index (χ1v) is 7.22. The zero-order valence-electron chi connectivity index (χ0n) is 11.4. The fraction of sp³-hybridized carbons (Fsp3) is 0.312. The maximum atomic E-state index is 6.17. The van der Waals surface area contributed by atoms with Gasteiger partial charge < -0.3 is 10.1 Å². The zero-order valence-corrected chi connectivity index (χ0v) is 12.2. The van der Waals surface area contributed by atoms with Gasteiger partial charge in [-0.1, -0.05) is 29.3 Å². The SMILES string of the molecule is Cc1ccc(Oc2ccc(Cl)c(CNC3CC3)n2)cc1. The average Bonchev–Trinajstić information content (AvgIpc) is 3.26. The number of nitrogens with one attached hydrogen (secondary N) is 1. The minimum absolute atomic E-state index is 0.575. The largest absolute Gasteiger partial charge is 0.439 e. The highest BCUT2D eigenvalue weighted by molar-refractivity contribution is 6.31. The molecule has 20 heavy (non-hydrogen) atoms. The third kappa shape index (κ3) is 3.50. The van der Waals surface area contributed by atoms with E-state index in [0.29, 0.717) is 23.5 Å². The van der Waals surface area contributed by atoms with Crippen LogP contribution in [0.1, 0.15) is 24.1 Å². The molecule has 1 N–H and O–H groups in total. The smallest absolute Gasteiger partial charge is 0.219 e. The van der Waals surface area contributed by atoms with Crippen LogP contribution in [0.25, 0.3) is 0 Å². The van der Waals surface area contributed by atoms with Crippen LogP contribution < -0.4 is 10.1 Å². The molecule has 0 amide bonds. The van der Waals surface area contributed by atoms with E-state index in [1.165, 1.54) is 18.4 Å². The highest BCUT2D eigenvalue weighted by Crippen LogP contribution is 2.25. The van der Waals surface area contributed by atoms with Crippen molar-refractivity contribution in [2.75, 3.05) is 0 Å². The van der Waals surface area contributed by atoms with Crippen LogP contribution in [0, 0.1) is 6.92 Å². The van der Waals surface area contributed by atoms with Crippen molar-refractivity contribution >= 4 is 11.6 Å². The lowest BCUT2D eigenvalue weighted by atomic mass is 10.2. The lowest BCUT2D eigenvalue weighted by molar-refractivity contribution is 0.459. The summed E-state index contributed by atoms with van der Waals surface area (Å²) in [5.41, 5.74) is 2.04. The van der Waals surface area contributed by atoms with Crippen molar-refractivity contribution in [1.82, 2.24) is 10.3 Å². The second kappa shape index (κ2) is 5.81. The molecule has 4 heteroatoms. The van der Waals surface area contributed by atoms with Gasteiger partial charge in [0.1, 0.15) is 5.75 Å². The van der Waals surface area contributed by atoms with E-state index in [9.17, 15) is 0 Å². The molecule has 0 radical (unpaired) electrons. The highest BCUT2D eigenvalue weighted by atomic mass is 35.5.